The molecule has 0 saturated carbocycles. The lowest BCUT2D eigenvalue weighted by molar-refractivity contribution is -0.116. The van der Waals surface area contributed by atoms with Gasteiger partial charge in [0, 0.05) is 18.1 Å². The van der Waals surface area contributed by atoms with Gasteiger partial charge in [0.05, 0.1) is 12.8 Å². The number of aromatic nitrogens is 2. The van der Waals surface area contributed by atoms with Crippen molar-refractivity contribution in [2.24, 2.45) is 0 Å². The van der Waals surface area contributed by atoms with E-state index < -0.39 is 0 Å². The number of ether oxygens (including phenoxy) is 1. The van der Waals surface area contributed by atoms with Crippen molar-refractivity contribution in [1.29, 1.82) is 0 Å². The highest BCUT2D eigenvalue weighted by Crippen LogP contribution is 2.29. The molecule has 0 aliphatic heterocycles. The fourth-order valence-corrected chi connectivity index (χ4v) is 3.02. The molecule has 27 heavy (non-hydrogen) atoms. The van der Waals surface area contributed by atoms with Gasteiger partial charge in [-0.1, -0.05) is 32.4 Å². The number of amides is 1. The number of para-hydroxylation sites is 1. The first-order valence-electron chi connectivity index (χ1n) is 9.88. The highest BCUT2D eigenvalue weighted by molar-refractivity contribution is 5.90. The van der Waals surface area contributed by atoms with E-state index in [1.807, 2.05) is 30.3 Å². The van der Waals surface area contributed by atoms with Gasteiger partial charge in [0.25, 0.3) is 0 Å². The van der Waals surface area contributed by atoms with Crippen molar-refractivity contribution in [3.8, 4) is 17.0 Å². The topological polar surface area (TPSA) is 70.2 Å². The van der Waals surface area contributed by atoms with Crippen molar-refractivity contribution in [2.75, 3.05) is 32.1 Å². The summed E-state index contributed by atoms with van der Waals surface area (Å²) >= 11 is 0. The summed E-state index contributed by atoms with van der Waals surface area (Å²) in [7, 11) is 1.64. The number of rotatable bonds is 12. The number of anilines is 1. The Labute approximate surface area is 162 Å². The van der Waals surface area contributed by atoms with Crippen LogP contribution in [0.5, 0.6) is 5.75 Å². The second-order valence-corrected chi connectivity index (χ2v) is 6.66. The number of H-pyrrole nitrogens is 1. The summed E-state index contributed by atoms with van der Waals surface area (Å²) in [5.74, 6) is 1.38. The second kappa shape index (κ2) is 11.4. The van der Waals surface area contributed by atoms with Crippen molar-refractivity contribution >= 4 is 11.7 Å². The molecule has 0 aliphatic carbocycles. The minimum absolute atomic E-state index is 0.0156. The average molecular weight is 373 g/mol. The lowest BCUT2D eigenvalue weighted by Gasteiger charge is -2.19. The molecule has 2 N–H and O–H groups in total. The Hall–Kier alpha value is -2.34. The zero-order valence-electron chi connectivity index (χ0n) is 16.8. The second-order valence-electron chi connectivity index (χ2n) is 6.66. The van der Waals surface area contributed by atoms with E-state index in [0.29, 0.717) is 12.2 Å². The van der Waals surface area contributed by atoms with Crippen molar-refractivity contribution in [3.05, 3.63) is 30.3 Å². The summed E-state index contributed by atoms with van der Waals surface area (Å²) < 4.78 is 5.36. The monoisotopic (exact) mass is 372 g/mol. The number of aromatic amines is 1. The zero-order valence-corrected chi connectivity index (χ0v) is 16.8. The van der Waals surface area contributed by atoms with Crippen LogP contribution in [0.4, 0.5) is 5.82 Å². The van der Waals surface area contributed by atoms with E-state index in [0.717, 1.165) is 49.5 Å². The van der Waals surface area contributed by atoms with Gasteiger partial charge in [0.1, 0.15) is 11.6 Å². The van der Waals surface area contributed by atoms with Gasteiger partial charge >= 0.3 is 0 Å². The van der Waals surface area contributed by atoms with Gasteiger partial charge in [-0.25, -0.2) is 0 Å². The van der Waals surface area contributed by atoms with E-state index in [4.69, 9.17) is 4.74 Å². The third-order valence-electron chi connectivity index (χ3n) is 4.64. The fourth-order valence-electron chi connectivity index (χ4n) is 3.02. The van der Waals surface area contributed by atoms with Crippen LogP contribution >= 0.6 is 0 Å². The van der Waals surface area contributed by atoms with Crippen LogP contribution in [0.2, 0.25) is 0 Å². The van der Waals surface area contributed by atoms with Crippen LogP contribution in [0.1, 0.15) is 46.0 Å². The first-order valence-corrected chi connectivity index (χ1v) is 9.88. The van der Waals surface area contributed by atoms with Crippen molar-refractivity contribution in [1.82, 2.24) is 15.1 Å². The Bertz CT molecular complexity index is 699. The Morgan fingerprint density at radius 2 is 1.96 bits per heavy atom. The predicted octanol–water partition coefficient (Wildman–Crippen LogP) is 4.32. The van der Waals surface area contributed by atoms with Gasteiger partial charge in [-0.2, -0.15) is 5.10 Å². The van der Waals surface area contributed by atoms with Crippen LogP contribution in [0.3, 0.4) is 0 Å². The van der Waals surface area contributed by atoms with E-state index >= 15 is 0 Å². The van der Waals surface area contributed by atoms with Crippen molar-refractivity contribution in [3.63, 3.8) is 0 Å². The van der Waals surface area contributed by atoms with Gasteiger partial charge in [-0.15, -0.1) is 0 Å². The van der Waals surface area contributed by atoms with Gasteiger partial charge in [-0.3, -0.25) is 9.89 Å². The zero-order chi connectivity index (χ0) is 19.5. The lowest BCUT2D eigenvalue weighted by atomic mass is 10.1. The smallest absolute Gasteiger partial charge is 0.225 e. The third kappa shape index (κ3) is 6.71. The average Bonchev–Trinajstić information content (AvgIpc) is 3.15. The van der Waals surface area contributed by atoms with E-state index in [2.05, 4.69) is 34.3 Å². The number of unbranched alkanes of at least 4 members (excludes halogenated alkanes) is 2. The number of hydrogen-bond acceptors (Lipinski definition) is 4. The number of carbonyl (C=O) groups is 1. The first-order chi connectivity index (χ1) is 13.2. The molecule has 1 amide bonds. The molecule has 1 aromatic carbocycles. The maximum atomic E-state index is 12.2. The van der Waals surface area contributed by atoms with E-state index in [1.54, 1.807) is 7.11 Å². The molecule has 0 atom stereocenters. The van der Waals surface area contributed by atoms with E-state index in [-0.39, 0.29) is 5.91 Å². The summed E-state index contributed by atoms with van der Waals surface area (Å²) in [6.07, 6.45) is 4.92. The quantitative estimate of drug-likeness (QED) is 0.545. The number of methoxy groups -OCH3 is 1. The highest BCUT2D eigenvalue weighted by atomic mass is 16.5. The summed E-state index contributed by atoms with van der Waals surface area (Å²) in [5.41, 5.74) is 1.64. The number of nitrogens with zero attached hydrogens (tertiary/aromatic N) is 2. The molecule has 6 heteroatoms. The highest BCUT2D eigenvalue weighted by Gasteiger charge is 2.11. The molecule has 6 nitrogen and oxygen atoms in total. The molecular formula is C21H32N4O2. The lowest BCUT2D eigenvalue weighted by Crippen LogP contribution is -2.25. The number of benzene rings is 1. The minimum Gasteiger partial charge on any atom is -0.496 e. The van der Waals surface area contributed by atoms with Crippen LogP contribution in [0.15, 0.2) is 30.3 Å². The number of carbonyl (C=O) groups excluding carboxylic acids is 1. The van der Waals surface area contributed by atoms with E-state index in [9.17, 15) is 4.79 Å². The van der Waals surface area contributed by atoms with Crippen LogP contribution in [-0.2, 0) is 4.79 Å². The van der Waals surface area contributed by atoms with Crippen molar-refractivity contribution in [2.45, 2.75) is 46.0 Å². The minimum atomic E-state index is 0.0156. The van der Waals surface area contributed by atoms with Gasteiger partial charge < -0.3 is 15.0 Å². The molecule has 0 fully saturated rings. The van der Waals surface area contributed by atoms with Crippen LogP contribution in [0.25, 0.3) is 11.3 Å². The molecule has 0 radical (unpaired) electrons. The number of hydrogen-bond donors (Lipinski definition) is 2. The summed E-state index contributed by atoms with van der Waals surface area (Å²) in [6.45, 7) is 7.70. The molecule has 2 aromatic rings. The van der Waals surface area contributed by atoms with Gasteiger partial charge in [0.2, 0.25) is 5.91 Å². The first kappa shape index (κ1) is 21.0. The van der Waals surface area contributed by atoms with Crippen LogP contribution in [0, 0.1) is 0 Å². The van der Waals surface area contributed by atoms with Crippen LogP contribution in [-0.4, -0.2) is 47.7 Å². The Morgan fingerprint density at radius 1 is 1.19 bits per heavy atom. The molecule has 0 unspecified atom stereocenters. The SMILES string of the molecule is CCCCN(CC)CCCCC(=O)Nc1cc(-c2ccccc2OC)n[nH]1. The molecule has 0 saturated heterocycles. The maximum Gasteiger partial charge on any atom is 0.225 e. The third-order valence-corrected chi connectivity index (χ3v) is 4.64. The Balaban J connectivity index is 1.77. The van der Waals surface area contributed by atoms with Crippen molar-refractivity contribution < 1.29 is 9.53 Å². The van der Waals surface area contributed by atoms with E-state index in [1.165, 1.54) is 12.8 Å². The fraction of sp³-hybridized carbons (Fsp3) is 0.524. The predicted molar refractivity (Wildman–Crippen MR) is 110 cm³/mol. The molecular weight excluding hydrogens is 340 g/mol. The Morgan fingerprint density at radius 3 is 2.70 bits per heavy atom. The molecule has 148 valence electrons. The standard InChI is InChI=1S/C21H32N4O2/c1-4-6-14-25(5-2)15-10-9-13-21(26)22-20-16-18(23-24-20)17-11-7-8-12-19(17)27-3/h7-8,11-12,16H,4-6,9-10,13-15H2,1-3H3,(H2,22,23,24,26). The summed E-state index contributed by atoms with van der Waals surface area (Å²) in [5, 5.41) is 10.1. The van der Waals surface area contributed by atoms with Gasteiger partial charge in [0.15, 0.2) is 0 Å². The summed E-state index contributed by atoms with van der Waals surface area (Å²) in [6, 6.07) is 9.52. The summed E-state index contributed by atoms with van der Waals surface area (Å²) in [4.78, 5) is 14.6. The largest absolute Gasteiger partial charge is 0.496 e. The molecule has 2 rings (SSSR count). The molecule has 1 aromatic heterocycles. The molecule has 0 aliphatic rings. The maximum absolute atomic E-state index is 12.2. The van der Waals surface area contributed by atoms with Gasteiger partial charge in [-0.05, 0) is 51.0 Å². The normalized spacial score (nSPS) is 11.0. The molecule has 0 bridgehead atoms. The number of nitrogens with one attached hydrogen (secondary N) is 2. The Kier molecular flexibility index (Phi) is 8.84. The molecule has 1 heterocycles. The molecule has 0 spiro atoms. The van der Waals surface area contributed by atoms with Crippen LogP contribution < -0.4 is 10.1 Å².